The van der Waals surface area contributed by atoms with Crippen molar-refractivity contribution < 1.29 is 9.59 Å². The van der Waals surface area contributed by atoms with Crippen LogP contribution in [-0.4, -0.2) is 76.1 Å². The molecule has 0 aliphatic carbocycles. The lowest BCUT2D eigenvalue weighted by atomic mass is 10.3. The van der Waals surface area contributed by atoms with Crippen LogP contribution in [0.4, 0.5) is 5.95 Å². The van der Waals surface area contributed by atoms with Gasteiger partial charge in [-0.1, -0.05) is 6.08 Å². The molecule has 9 heteroatoms. The third-order valence-electron chi connectivity index (χ3n) is 3.18. The van der Waals surface area contributed by atoms with E-state index in [4.69, 9.17) is 5.73 Å². The molecule has 1 aromatic rings. The van der Waals surface area contributed by atoms with Crippen LogP contribution in [0.1, 0.15) is 10.6 Å². The van der Waals surface area contributed by atoms with E-state index in [-0.39, 0.29) is 23.6 Å². The van der Waals surface area contributed by atoms with Gasteiger partial charge in [0.1, 0.15) is 0 Å². The molecule has 21 heavy (non-hydrogen) atoms. The molecule has 1 aromatic heterocycles. The largest absolute Gasteiger partial charge is 0.366 e. The number of rotatable bonds is 5. The van der Waals surface area contributed by atoms with E-state index < -0.39 is 0 Å². The van der Waals surface area contributed by atoms with Crippen LogP contribution < -0.4 is 11.1 Å². The van der Waals surface area contributed by atoms with Gasteiger partial charge in [-0.3, -0.25) is 19.6 Å². The maximum absolute atomic E-state index is 12.1. The fourth-order valence-corrected chi connectivity index (χ4v) is 2.07. The summed E-state index contributed by atoms with van der Waals surface area (Å²) >= 11 is 0. The molecule has 0 radical (unpaired) electrons. The van der Waals surface area contributed by atoms with Crippen molar-refractivity contribution >= 4 is 17.8 Å². The van der Waals surface area contributed by atoms with Crippen molar-refractivity contribution in [3.8, 4) is 0 Å². The Morgan fingerprint density at radius 3 is 2.67 bits per heavy atom. The average molecular weight is 293 g/mol. The van der Waals surface area contributed by atoms with Crippen molar-refractivity contribution in [2.45, 2.75) is 0 Å². The molecular weight excluding hydrogens is 274 g/mol. The summed E-state index contributed by atoms with van der Waals surface area (Å²) in [5.41, 5.74) is 5.38. The standard InChI is InChI=1S/C12H19N7O2/c1-2-3-14-9(20)8-18-4-6-19(7-5-18)11(21)10-15-12(13)17-16-10/h2H,1,3-8H2,(H,14,20)(H3,13,15,16,17). The molecule has 9 nitrogen and oxygen atoms in total. The SMILES string of the molecule is C=CCNC(=O)CN1CCN(C(=O)c2nc(N)n[nH]2)CC1. The molecule has 0 aromatic carbocycles. The average Bonchev–Trinajstić information content (AvgIpc) is 2.92. The maximum atomic E-state index is 12.1. The Morgan fingerprint density at radius 1 is 1.38 bits per heavy atom. The fraction of sp³-hybridized carbons (Fsp3) is 0.500. The summed E-state index contributed by atoms with van der Waals surface area (Å²) < 4.78 is 0. The molecule has 0 bridgehead atoms. The molecule has 1 aliphatic rings. The first-order chi connectivity index (χ1) is 10.1. The van der Waals surface area contributed by atoms with Crippen LogP contribution in [0.3, 0.4) is 0 Å². The number of aromatic amines is 1. The van der Waals surface area contributed by atoms with Crippen molar-refractivity contribution in [2.75, 3.05) is 45.0 Å². The normalized spacial score (nSPS) is 15.7. The zero-order valence-electron chi connectivity index (χ0n) is 11.7. The number of hydrogen-bond donors (Lipinski definition) is 3. The number of nitrogen functional groups attached to an aromatic ring is 1. The van der Waals surface area contributed by atoms with Crippen molar-refractivity contribution in [1.82, 2.24) is 30.3 Å². The van der Waals surface area contributed by atoms with E-state index in [1.54, 1.807) is 11.0 Å². The number of nitrogens with two attached hydrogens (primary N) is 1. The van der Waals surface area contributed by atoms with Gasteiger partial charge in [-0.15, -0.1) is 11.7 Å². The van der Waals surface area contributed by atoms with Gasteiger partial charge in [-0.25, -0.2) is 0 Å². The van der Waals surface area contributed by atoms with E-state index in [0.29, 0.717) is 39.3 Å². The molecule has 0 unspecified atom stereocenters. The Labute approximate surface area is 122 Å². The number of H-pyrrole nitrogens is 1. The highest BCUT2D eigenvalue weighted by Crippen LogP contribution is 2.06. The number of carbonyl (C=O) groups excluding carboxylic acids is 2. The van der Waals surface area contributed by atoms with Gasteiger partial charge in [0.25, 0.3) is 5.91 Å². The van der Waals surface area contributed by atoms with Gasteiger partial charge in [0.15, 0.2) is 0 Å². The quantitative estimate of drug-likeness (QED) is 0.565. The Bertz CT molecular complexity index is 519. The van der Waals surface area contributed by atoms with Gasteiger partial charge < -0.3 is 16.0 Å². The first-order valence-corrected chi connectivity index (χ1v) is 6.67. The number of nitrogens with zero attached hydrogens (tertiary/aromatic N) is 4. The topological polar surface area (TPSA) is 120 Å². The van der Waals surface area contributed by atoms with Crippen LogP contribution in [0.2, 0.25) is 0 Å². The van der Waals surface area contributed by atoms with Crippen LogP contribution in [0.5, 0.6) is 0 Å². The molecule has 1 fully saturated rings. The molecular formula is C12H19N7O2. The van der Waals surface area contributed by atoms with E-state index >= 15 is 0 Å². The predicted octanol–water partition coefficient (Wildman–Crippen LogP) is -1.55. The lowest BCUT2D eigenvalue weighted by Gasteiger charge is -2.33. The Morgan fingerprint density at radius 2 is 2.10 bits per heavy atom. The molecule has 1 saturated heterocycles. The fourth-order valence-electron chi connectivity index (χ4n) is 2.07. The molecule has 0 atom stereocenters. The first kappa shape index (κ1) is 15.0. The van der Waals surface area contributed by atoms with Gasteiger partial charge >= 0.3 is 0 Å². The smallest absolute Gasteiger partial charge is 0.291 e. The zero-order chi connectivity index (χ0) is 15.2. The molecule has 114 valence electrons. The minimum absolute atomic E-state index is 0.0438. The minimum Gasteiger partial charge on any atom is -0.366 e. The lowest BCUT2D eigenvalue weighted by Crippen LogP contribution is -2.51. The van der Waals surface area contributed by atoms with Crippen molar-refractivity contribution in [3.63, 3.8) is 0 Å². The van der Waals surface area contributed by atoms with Crippen LogP contribution >= 0.6 is 0 Å². The van der Waals surface area contributed by atoms with Crippen molar-refractivity contribution in [1.29, 1.82) is 0 Å². The summed E-state index contributed by atoms with van der Waals surface area (Å²) in [5, 5.41) is 8.87. The van der Waals surface area contributed by atoms with Gasteiger partial charge in [-0.2, -0.15) is 4.98 Å². The molecule has 0 saturated carbocycles. The second kappa shape index (κ2) is 6.84. The zero-order valence-corrected chi connectivity index (χ0v) is 11.7. The monoisotopic (exact) mass is 293 g/mol. The van der Waals surface area contributed by atoms with Crippen LogP contribution in [0.15, 0.2) is 12.7 Å². The molecule has 2 heterocycles. The minimum atomic E-state index is -0.227. The Hall–Kier alpha value is -2.42. The van der Waals surface area contributed by atoms with E-state index in [1.807, 2.05) is 4.90 Å². The number of hydrogen-bond acceptors (Lipinski definition) is 6. The molecule has 4 N–H and O–H groups in total. The van der Waals surface area contributed by atoms with E-state index in [2.05, 4.69) is 27.1 Å². The van der Waals surface area contributed by atoms with E-state index in [1.165, 1.54) is 0 Å². The van der Waals surface area contributed by atoms with Gasteiger partial charge in [-0.05, 0) is 0 Å². The summed E-state index contributed by atoms with van der Waals surface area (Å²) in [6.45, 7) is 6.67. The van der Waals surface area contributed by atoms with Crippen molar-refractivity contribution in [2.24, 2.45) is 0 Å². The molecule has 2 amide bonds. The Balaban J connectivity index is 1.79. The lowest BCUT2D eigenvalue weighted by molar-refractivity contribution is -0.122. The third-order valence-corrected chi connectivity index (χ3v) is 3.18. The summed E-state index contributed by atoms with van der Waals surface area (Å²) in [7, 11) is 0. The highest BCUT2D eigenvalue weighted by atomic mass is 16.2. The van der Waals surface area contributed by atoms with Crippen molar-refractivity contribution in [3.05, 3.63) is 18.5 Å². The number of aromatic nitrogens is 3. The predicted molar refractivity (Wildman–Crippen MR) is 76.3 cm³/mol. The third kappa shape index (κ3) is 4.02. The number of amides is 2. The van der Waals surface area contributed by atoms with E-state index in [9.17, 15) is 9.59 Å². The number of piperazine rings is 1. The van der Waals surface area contributed by atoms with Crippen LogP contribution in [0.25, 0.3) is 0 Å². The summed E-state index contributed by atoms with van der Waals surface area (Å²) in [6.07, 6.45) is 1.64. The Kier molecular flexibility index (Phi) is 4.88. The highest BCUT2D eigenvalue weighted by Gasteiger charge is 2.25. The maximum Gasteiger partial charge on any atom is 0.291 e. The number of carbonyl (C=O) groups is 2. The van der Waals surface area contributed by atoms with Crippen LogP contribution in [0, 0.1) is 0 Å². The second-order valence-corrected chi connectivity index (χ2v) is 4.70. The summed E-state index contributed by atoms with van der Waals surface area (Å²) in [6, 6.07) is 0. The number of anilines is 1. The van der Waals surface area contributed by atoms with Crippen LogP contribution in [-0.2, 0) is 4.79 Å². The summed E-state index contributed by atoms with van der Waals surface area (Å²) in [5.74, 6) is -0.0757. The summed E-state index contributed by atoms with van der Waals surface area (Å²) in [4.78, 5) is 31.2. The van der Waals surface area contributed by atoms with Gasteiger partial charge in [0.2, 0.25) is 17.7 Å². The first-order valence-electron chi connectivity index (χ1n) is 6.67. The number of nitrogens with one attached hydrogen (secondary N) is 2. The second-order valence-electron chi connectivity index (χ2n) is 4.70. The highest BCUT2D eigenvalue weighted by molar-refractivity contribution is 5.90. The van der Waals surface area contributed by atoms with Gasteiger partial charge in [0, 0.05) is 32.7 Å². The van der Waals surface area contributed by atoms with E-state index in [0.717, 1.165) is 0 Å². The molecule has 0 spiro atoms. The van der Waals surface area contributed by atoms with Gasteiger partial charge in [0.05, 0.1) is 6.54 Å². The molecule has 2 rings (SSSR count). The molecule has 1 aliphatic heterocycles.